The smallest absolute Gasteiger partial charge is 0.257 e. The highest BCUT2D eigenvalue weighted by Crippen LogP contribution is 2.26. The van der Waals surface area contributed by atoms with Gasteiger partial charge in [0.2, 0.25) is 0 Å². The Bertz CT molecular complexity index is 965. The molecule has 1 aliphatic rings. The molecule has 0 amide bonds. The second kappa shape index (κ2) is 9.57. The number of nitrogens with one attached hydrogen (secondary N) is 1. The van der Waals surface area contributed by atoms with Crippen molar-refractivity contribution in [1.29, 1.82) is 0 Å². The quantitative estimate of drug-likeness (QED) is 0.499. The van der Waals surface area contributed by atoms with Crippen LogP contribution in [0.15, 0.2) is 64.1 Å². The Morgan fingerprint density at radius 3 is 2.67 bits per heavy atom. The van der Waals surface area contributed by atoms with E-state index in [4.69, 9.17) is 4.52 Å². The van der Waals surface area contributed by atoms with Gasteiger partial charge in [-0.3, -0.25) is 4.99 Å². The van der Waals surface area contributed by atoms with Crippen LogP contribution in [0.4, 0.5) is 0 Å². The van der Waals surface area contributed by atoms with Crippen LogP contribution in [0.1, 0.15) is 36.2 Å². The van der Waals surface area contributed by atoms with Crippen molar-refractivity contribution >= 4 is 5.96 Å². The molecule has 0 bridgehead atoms. The standard InChI is InChI=1S/C24H29N5O/c1-3-22-27-23(30-28-22)20-11-9-18(10-12-20)13-15-26-24(25-2)29-16-14-21(17-29)19-7-5-4-6-8-19/h4-12,21H,3,13-17H2,1-2H3,(H,25,26). The first-order chi connectivity index (χ1) is 14.8. The van der Waals surface area contributed by atoms with E-state index in [1.54, 1.807) is 0 Å². The fourth-order valence-electron chi connectivity index (χ4n) is 3.93. The molecule has 1 unspecified atom stereocenters. The van der Waals surface area contributed by atoms with Crippen LogP contribution in [0.5, 0.6) is 0 Å². The molecule has 6 heteroatoms. The largest absolute Gasteiger partial charge is 0.356 e. The van der Waals surface area contributed by atoms with Crippen molar-refractivity contribution in [3.05, 3.63) is 71.5 Å². The van der Waals surface area contributed by atoms with E-state index in [2.05, 4.69) is 67.8 Å². The number of aliphatic imine (C=N–C) groups is 1. The lowest BCUT2D eigenvalue weighted by molar-refractivity contribution is 0.423. The summed E-state index contributed by atoms with van der Waals surface area (Å²) in [6, 6.07) is 19.1. The van der Waals surface area contributed by atoms with E-state index in [1.165, 1.54) is 17.5 Å². The van der Waals surface area contributed by atoms with Crippen LogP contribution in [0.25, 0.3) is 11.5 Å². The van der Waals surface area contributed by atoms with Crippen molar-refractivity contribution in [1.82, 2.24) is 20.4 Å². The number of likely N-dealkylation sites (tertiary alicyclic amines) is 1. The van der Waals surface area contributed by atoms with Gasteiger partial charge in [-0.15, -0.1) is 0 Å². The monoisotopic (exact) mass is 403 g/mol. The summed E-state index contributed by atoms with van der Waals surface area (Å²) in [6.07, 6.45) is 2.87. The van der Waals surface area contributed by atoms with Crippen LogP contribution < -0.4 is 5.32 Å². The summed E-state index contributed by atoms with van der Waals surface area (Å²) in [6.45, 7) is 4.92. The van der Waals surface area contributed by atoms with E-state index in [0.29, 0.717) is 11.8 Å². The molecule has 1 saturated heterocycles. The second-order valence-corrected chi connectivity index (χ2v) is 7.63. The van der Waals surface area contributed by atoms with Gasteiger partial charge in [0.05, 0.1) is 0 Å². The van der Waals surface area contributed by atoms with Crippen molar-refractivity contribution < 1.29 is 4.52 Å². The van der Waals surface area contributed by atoms with Crippen LogP contribution in [0, 0.1) is 0 Å². The Balaban J connectivity index is 1.28. The van der Waals surface area contributed by atoms with Crippen LogP contribution in [-0.4, -0.2) is 47.7 Å². The van der Waals surface area contributed by atoms with Crippen LogP contribution in [0.2, 0.25) is 0 Å². The molecule has 30 heavy (non-hydrogen) atoms. The number of guanidine groups is 1. The Morgan fingerprint density at radius 1 is 1.17 bits per heavy atom. The van der Waals surface area contributed by atoms with Gasteiger partial charge in [0.1, 0.15) is 0 Å². The van der Waals surface area contributed by atoms with Crippen LogP contribution >= 0.6 is 0 Å². The summed E-state index contributed by atoms with van der Waals surface area (Å²) in [5.41, 5.74) is 3.64. The van der Waals surface area contributed by atoms with Crippen molar-refractivity contribution in [2.75, 3.05) is 26.7 Å². The third kappa shape index (κ3) is 4.70. The van der Waals surface area contributed by atoms with Crippen molar-refractivity contribution in [2.24, 2.45) is 4.99 Å². The van der Waals surface area contributed by atoms with Gasteiger partial charge in [0, 0.05) is 44.6 Å². The van der Waals surface area contributed by atoms with E-state index >= 15 is 0 Å². The predicted octanol–water partition coefficient (Wildman–Crippen LogP) is 3.91. The summed E-state index contributed by atoms with van der Waals surface area (Å²) >= 11 is 0. The maximum Gasteiger partial charge on any atom is 0.257 e. The Labute approximate surface area is 178 Å². The molecule has 3 aromatic rings. The summed E-state index contributed by atoms with van der Waals surface area (Å²) in [7, 11) is 1.86. The number of hydrogen-bond acceptors (Lipinski definition) is 4. The van der Waals surface area contributed by atoms with Crippen molar-refractivity contribution in [3.8, 4) is 11.5 Å². The summed E-state index contributed by atoms with van der Waals surface area (Å²) in [5.74, 6) is 2.89. The molecule has 1 fully saturated rings. The molecular weight excluding hydrogens is 374 g/mol. The number of aryl methyl sites for hydroxylation is 1. The van der Waals surface area contributed by atoms with Gasteiger partial charge in [0.25, 0.3) is 5.89 Å². The summed E-state index contributed by atoms with van der Waals surface area (Å²) in [4.78, 5) is 11.2. The lowest BCUT2D eigenvalue weighted by Gasteiger charge is -2.22. The van der Waals surface area contributed by atoms with Crippen LogP contribution in [0.3, 0.4) is 0 Å². The molecule has 4 rings (SSSR count). The number of benzene rings is 2. The highest BCUT2D eigenvalue weighted by Gasteiger charge is 2.25. The normalized spacial score (nSPS) is 16.8. The molecule has 1 atom stereocenters. The van der Waals surface area contributed by atoms with E-state index in [-0.39, 0.29) is 0 Å². The minimum absolute atomic E-state index is 0.579. The van der Waals surface area contributed by atoms with E-state index in [9.17, 15) is 0 Å². The zero-order chi connectivity index (χ0) is 20.8. The first kappa shape index (κ1) is 20.1. The highest BCUT2D eigenvalue weighted by atomic mass is 16.5. The van der Waals surface area contributed by atoms with Crippen molar-refractivity contribution in [3.63, 3.8) is 0 Å². The summed E-state index contributed by atoms with van der Waals surface area (Å²) in [5, 5.41) is 7.48. The molecule has 1 N–H and O–H groups in total. The van der Waals surface area contributed by atoms with Crippen LogP contribution in [-0.2, 0) is 12.8 Å². The molecular formula is C24H29N5O. The van der Waals surface area contributed by atoms with Gasteiger partial charge in [-0.05, 0) is 36.1 Å². The number of nitrogens with zero attached hydrogens (tertiary/aromatic N) is 4. The molecule has 2 heterocycles. The number of aromatic nitrogens is 2. The third-order valence-corrected chi connectivity index (χ3v) is 5.65. The molecule has 0 saturated carbocycles. The average molecular weight is 404 g/mol. The fourth-order valence-corrected chi connectivity index (χ4v) is 3.93. The maximum atomic E-state index is 5.31. The lowest BCUT2D eigenvalue weighted by Crippen LogP contribution is -2.40. The zero-order valence-electron chi connectivity index (χ0n) is 17.7. The molecule has 1 aliphatic heterocycles. The van der Waals surface area contributed by atoms with Gasteiger partial charge >= 0.3 is 0 Å². The minimum Gasteiger partial charge on any atom is -0.356 e. The average Bonchev–Trinajstić information content (AvgIpc) is 3.48. The van der Waals surface area contributed by atoms with Gasteiger partial charge < -0.3 is 14.7 Å². The first-order valence-electron chi connectivity index (χ1n) is 10.7. The lowest BCUT2D eigenvalue weighted by atomic mass is 9.99. The van der Waals surface area contributed by atoms with Gasteiger partial charge in [-0.25, -0.2) is 0 Å². The zero-order valence-corrected chi connectivity index (χ0v) is 17.7. The highest BCUT2D eigenvalue weighted by molar-refractivity contribution is 5.80. The molecule has 1 aromatic heterocycles. The Hall–Kier alpha value is -3.15. The molecule has 0 aliphatic carbocycles. The summed E-state index contributed by atoms with van der Waals surface area (Å²) < 4.78 is 5.31. The SMILES string of the molecule is CCc1noc(-c2ccc(CCNC(=NC)N3CCC(c4ccccc4)C3)cc2)n1. The fraction of sp³-hybridized carbons (Fsp3) is 0.375. The number of rotatable bonds is 6. The molecule has 0 spiro atoms. The van der Waals surface area contributed by atoms with E-state index in [0.717, 1.165) is 49.8 Å². The van der Waals surface area contributed by atoms with E-state index < -0.39 is 0 Å². The molecule has 156 valence electrons. The van der Waals surface area contributed by atoms with Gasteiger partial charge in [-0.2, -0.15) is 4.98 Å². The molecule has 0 radical (unpaired) electrons. The van der Waals surface area contributed by atoms with E-state index in [1.807, 2.05) is 26.1 Å². The predicted molar refractivity (Wildman–Crippen MR) is 120 cm³/mol. The molecule has 2 aromatic carbocycles. The van der Waals surface area contributed by atoms with Crippen molar-refractivity contribution in [2.45, 2.75) is 32.1 Å². The third-order valence-electron chi connectivity index (χ3n) is 5.65. The topological polar surface area (TPSA) is 66.6 Å². The van der Waals surface area contributed by atoms with Gasteiger partial charge in [-0.1, -0.05) is 54.5 Å². The Morgan fingerprint density at radius 2 is 1.97 bits per heavy atom. The second-order valence-electron chi connectivity index (χ2n) is 7.63. The Kier molecular flexibility index (Phi) is 6.42. The van der Waals surface area contributed by atoms with Gasteiger partial charge in [0.15, 0.2) is 11.8 Å². The minimum atomic E-state index is 0.579. The maximum absolute atomic E-state index is 5.31. The number of hydrogen-bond donors (Lipinski definition) is 1. The first-order valence-corrected chi connectivity index (χ1v) is 10.7. The molecule has 6 nitrogen and oxygen atoms in total.